The topological polar surface area (TPSA) is 77.0 Å². The van der Waals surface area contributed by atoms with Crippen LogP contribution in [-0.2, 0) is 16.0 Å². The maximum atomic E-state index is 5.42. The Hall–Kier alpha value is -1.86. The Kier molecular flexibility index (Phi) is 9.73. The van der Waals surface area contributed by atoms with Gasteiger partial charge in [-0.15, -0.1) is 0 Å². The zero-order valence-electron chi connectivity index (χ0n) is 13.6. The summed E-state index contributed by atoms with van der Waals surface area (Å²) in [6.45, 7) is 5.78. The van der Waals surface area contributed by atoms with Gasteiger partial charge in [-0.1, -0.05) is 6.07 Å². The van der Waals surface area contributed by atoms with E-state index < -0.39 is 0 Å². The van der Waals surface area contributed by atoms with E-state index in [-0.39, 0.29) is 0 Å². The average Bonchev–Trinajstić information content (AvgIpc) is 2.54. The normalized spacial score (nSPS) is 11.3. The number of hydrogen-bond acceptors (Lipinski definition) is 5. The molecule has 7 nitrogen and oxygen atoms in total. The third-order valence-electron chi connectivity index (χ3n) is 2.70. The Labute approximate surface area is 132 Å². The van der Waals surface area contributed by atoms with Crippen LogP contribution in [0.25, 0.3) is 0 Å². The molecule has 0 radical (unpaired) electrons. The van der Waals surface area contributed by atoms with Crippen molar-refractivity contribution < 1.29 is 14.2 Å². The van der Waals surface area contributed by atoms with Crippen LogP contribution in [0.4, 0.5) is 0 Å². The van der Waals surface area contributed by atoms with Crippen molar-refractivity contribution in [3.8, 4) is 5.88 Å². The van der Waals surface area contributed by atoms with Crippen molar-refractivity contribution in [2.24, 2.45) is 4.99 Å². The molecule has 0 saturated heterocycles. The first-order valence-corrected chi connectivity index (χ1v) is 7.38. The summed E-state index contributed by atoms with van der Waals surface area (Å²) in [5.74, 6) is 1.36. The van der Waals surface area contributed by atoms with Crippen LogP contribution >= 0.6 is 0 Å². The van der Waals surface area contributed by atoms with Crippen molar-refractivity contribution in [3.05, 3.63) is 23.9 Å². The molecular formula is C15H26N4O3. The predicted octanol–water partition coefficient (Wildman–Crippen LogP) is 0.808. The van der Waals surface area contributed by atoms with Crippen molar-refractivity contribution in [1.82, 2.24) is 15.6 Å². The average molecular weight is 310 g/mol. The van der Waals surface area contributed by atoms with Crippen LogP contribution in [0.2, 0.25) is 0 Å². The molecular weight excluding hydrogens is 284 g/mol. The highest BCUT2D eigenvalue weighted by Gasteiger charge is 1.99. The number of aromatic nitrogens is 1. The van der Waals surface area contributed by atoms with Crippen LogP contribution in [0, 0.1) is 0 Å². The van der Waals surface area contributed by atoms with Gasteiger partial charge in [0.1, 0.15) is 6.61 Å². The highest BCUT2D eigenvalue weighted by atomic mass is 16.5. The fourth-order valence-electron chi connectivity index (χ4n) is 1.60. The van der Waals surface area contributed by atoms with Gasteiger partial charge in [-0.2, -0.15) is 0 Å². The van der Waals surface area contributed by atoms with E-state index in [2.05, 4.69) is 20.6 Å². The third kappa shape index (κ3) is 7.80. The SMILES string of the molecule is CCNC(=NCc1ccc(OCCOC)nc1)NCCOC. The van der Waals surface area contributed by atoms with Gasteiger partial charge in [0.15, 0.2) is 5.96 Å². The van der Waals surface area contributed by atoms with E-state index in [1.54, 1.807) is 20.4 Å². The monoisotopic (exact) mass is 310 g/mol. The number of methoxy groups -OCH3 is 2. The van der Waals surface area contributed by atoms with Gasteiger partial charge in [0.25, 0.3) is 0 Å². The lowest BCUT2D eigenvalue weighted by atomic mass is 10.3. The summed E-state index contributed by atoms with van der Waals surface area (Å²) in [4.78, 5) is 8.74. The molecule has 0 saturated carbocycles. The summed E-state index contributed by atoms with van der Waals surface area (Å²) in [5.41, 5.74) is 1.02. The van der Waals surface area contributed by atoms with Gasteiger partial charge in [-0.05, 0) is 12.5 Å². The molecule has 0 aliphatic rings. The minimum atomic E-state index is 0.495. The first kappa shape index (κ1) is 18.2. The quantitative estimate of drug-likeness (QED) is 0.378. The smallest absolute Gasteiger partial charge is 0.213 e. The molecule has 7 heteroatoms. The molecule has 0 fully saturated rings. The Morgan fingerprint density at radius 3 is 2.59 bits per heavy atom. The summed E-state index contributed by atoms with van der Waals surface area (Å²) in [7, 11) is 3.31. The summed E-state index contributed by atoms with van der Waals surface area (Å²) >= 11 is 0. The first-order chi connectivity index (χ1) is 10.8. The van der Waals surface area contributed by atoms with E-state index >= 15 is 0 Å². The number of ether oxygens (including phenoxy) is 3. The van der Waals surface area contributed by atoms with Crippen LogP contribution < -0.4 is 15.4 Å². The molecule has 22 heavy (non-hydrogen) atoms. The molecule has 0 unspecified atom stereocenters. The molecule has 0 aromatic carbocycles. The van der Waals surface area contributed by atoms with E-state index in [1.807, 2.05) is 19.1 Å². The highest BCUT2D eigenvalue weighted by molar-refractivity contribution is 5.79. The van der Waals surface area contributed by atoms with Crippen molar-refractivity contribution in [1.29, 1.82) is 0 Å². The van der Waals surface area contributed by atoms with Crippen LogP contribution in [0.15, 0.2) is 23.3 Å². The standard InChI is InChI=1S/C15H26N4O3/c1-4-16-15(17-7-8-20-2)19-12-13-5-6-14(18-11-13)22-10-9-21-3/h5-6,11H,4,7-10,12H2,1-3H3,(H2,16,17,19). The first-order valence-electron chi connectivity index (χ1n) is 7.38. The van der Waals surface area contributed by atoms with Gasteiger partial charge in [0.2, 0.25) is 5.88 Å². The van der Waals surface area contributed by atoms with E-state index in [0.29, 0.717) is 38.8 Å². The van der Waals surface area contributed by atoms with E-state index in [9.17, 15) is 0 Å². The van der Waals surface area contributed by atoms with Gasteiger partial charge < -0.3 is 24.8 Å². The molecule has 124 valence electrons. The molecule has 0 aliphatic heterocycles. The molecule has 1 aromatic rings. The van der Waals surface area contributed by atoms with Crippen molar-refractivity contribution in [2.45, 2.75) is 13.5 Å². The molecule has 0 aliphatic carbocycles. The summed E-state index contributed by atoms with van der Waals surface area (Å²) in [5, 5.41) is 6.37. The lowest BCUT2D eigenvalue weighted by Crippen LogP contribution is -2.38. The zero-order valence-corrected chi connectivity index (χ0v) is 13.6. The number of nitrogens with zero attached hydrogens (tertiary/aromatic N) is 2. The highest BCUT2D eigenvalue weighted by Crippen LogP contribution is 2.08. The number of hydrogen-bond donors (Lipinski definition) is 2. The minimum absolute atomic E-state index is 0.495. The second kappa shape index (κ2) is 11.8. The number of rotatable bonds is 10. The molecule has 0 amide bonds. The fraction of sp³-hybridized carbons (Fsp3) is 0.600. The Balaban J connectivity index is 2.47. The molecule has 1 rings (SSSR count). The number of aliphatic imine (C=N–C) groups is 1. The molecule has 1 heterocycles. The number of pyridine rings is 1. The van der Waals surface area contributed by atoms with Gasteiger partial charge in [-0.3, -0.25) is 0 Å². The number of guanidine groups is 1. The molecule has 0 atom stereocenters. The second-order valence-electron chi connectivity index (χ2n) is 4.46. The summed E-state index contributed by atoms with van der Waals surface area (Å²) in [6, 6.07) is 3.79. The summed E-state index contributed by atoms with van der Waals surface area (Å²) in [6.07, 6.45) is 1.77. The molecule has 0 bridgehead atoms. The van der Waals surface area contributed by atoms with Gasteiger partial charge >= 0.3 is 0 Å². The Morgan fingerprint density at radius 2 is 1.95 bits per heavy atom. The lowest BCUT2D eigenvalue weighted by Gasteiger charge is -2.10. The fourth-order valence-corrected chi connectivity index (χ4v) is 1.60. The number of nitrogens with one attached hydrogen (secondary N) is 2. The van der Waals surface area contributed by atoms with E-state index in [4.69, 9.17) is 14.2 Å². The van der Waals surface area contributed by atoms with Crippen molar-refractivity contribution in [3.63, 3.8) is 0 Å². The van der Waals surface area contributed by atoms with Gasteiger partial charge in [0.05, 0.1) is 19.8 Å². The van der Waals surface area contributed by atoms with Crippen molar-refractivity contribution in [2.75, 3.05) is 47.1 Å². The molecule has 1 aromatic heterocycles. The lowest BCUT2D eigenvalue weighted by molar-refractivity contribution is 0.143. The zero-order chi connectivity index (χ0) is 16.0. The van der Waals surface area contributed by atoms with E-state index in [1.165, 1.54) is 0 Å². The third-order valence-corrected chi connectivity index (χ3v) is 2.70. The Bertz CT molecular complexity index is 423. The largest absolute Gasteiger partial charge is 0.475 e. The summed E-state index contributed by atoms with van der Waals surface area (Å²) < 4.78 is 15.4. The van der Waals surface area contributed by atoms with Gasteiger partial charge in [-0.25, -0.2) is 9.98 Å². The minimum Gasteiger partial charge on any atom is -0.475 e. The maximum Gasteiger partial charge on any atom is 0.213 e. The van der Waals surface area contributed by atoms with Gasteiger partial charge in [0, 0.05) is 39.6 Å². The molecule has 0 spiro atoms. The van der Waals surface area contributed by atoms with Crippen LogP contribution in [0.3, 0.4) is 0 Å². The Morgan fingerprint density at radius 1 is 1.14 bits per heavy atom. The predicted molar refractivity (Wildman–Crippen MR) is 86.3 cm³/mol. The van der Waals surface area contributed by atoms with E-state index in [0.717, 1.165) is 18.1 Å². The van der Waals surface area contributed by atoms with Crippen molar-refractivity contribution >= 4 is 5.96 Å². The van der Waals surface area contributed by atoms with Crippen LogP contribution in [-0.4, -0.2) is 58.1 Å². The molecule has 2 N–H and O–H groups in total. The van der Waals surface area contributed by atoms with Crippen LogP contribution in [0.1, 0.15) is 12.5 Å². The van der Waals surface area contributed by atoms with Crippen LogP contribution in [0.5, 0.6) is 5.88 Å². The maximum absolute atomic E-state index is 5.42. The second-order valence-corrected chi connectivity index (χ2v) is 4.46.